The lowest BCUT2D eigenvalue weighted by Gasteiger charge is -2.27. The number of benzene rings is 1. The molecule has 1 N–H and O–H groups in total. The normalized spacial score (nSPS) is 13.5. The fourth-order valence-electron chi connectivity index (χ4n) is 3.46. The number of fused-ring (bicyclic) bond motifs is 1. The van der Waals surface area contributed by atoms with Crippen LogP contribution in [0.2, 0.25) is 0 Å². The highest BCUT2D eigenvalue weighted by Crippen LogP contribution is 2.34. The Hall–Kier alpha value is -2.71. The molecule has 1 aromatic carbocycles. The third-order valence-corrected chi connectivity index (χ3v) is 5.99. The van der Waals surface area contributed by atoms with E-state index < -0.39 is 0 Å². The number of rotatable bonds is 5. The van der Waals surface area contributed by atoms with Crippen molar-refractivity contribution in [3.05, 3.63) is 47.8 Å². The smallest absolute Gasteiger partial charge is 0.257 e. The second-order valence-corrected chi connectivity index (χ2v) is 8.19. The lowest BCUT2D eigenvalue weighted by atomic mass is 10.1. The summed E-state index contributed by atoms with van der Waals surface area (Å²) < 4.78 is 10.8. The van der Waals surface area contributed by atoms with E-state index in [1.807, 2.05) is 53.9 Å². The average molecular weight is 461 g/mol. The van der Waals surface area contributed by atoms with Crippen LogP contribution in [0.15, 0.2) is 36.5 Å². The number of nitrogens with one attached hydrogen (secondary N) is 1. The second-order valence-electron chi connectivity index (χ2n) is 6.97. The number of anilines is 2. The van der Waals surface area contributed by atoms with Crippen molar-refractivity contribution in [1.82, 2.24) is 14.9 Å². The van der Waals surface area contributed by atoms with Crippen LogP contribution in [0.25, 0.3) is 11.0 Å². The molecule has 1 fully saturated rings. The number of nitrogens with zero attached hydrogens (tertiary/aromatic N) is 3. The minimum atomic E-state index is -0.0201. The Morgan fingerprint density at radius 1 is 1.10 bits per heavy atom. The number of carbonyl (C=O) groups is 1. The van der Waals surface area contributed by atoms with Gasteiger partial charge in [-0.1, -0.05) is 0 Å². The summed E-state index contributed by atoms with van der Waals surface area (Å²) in [6, 6.07) is 9.45. The predicted molar refractivity (Wildman–Crippen MR) is 128 cm³/mol. The highest BCUT2D eigenvalue weighted by molar-refractivity contribution is 7.99. The number of ether oxygens (including phenoxy) is 2. The molecule has 0 bridgehead atoms. The van der Waals surface area contributed by atoms with E-state index in [-0.39, 0.29) is 18.3 Å². The van der Waals surface area contributed by atoms with Gasteiger partial charge in [0, 0.05) is 53.6 Å². The summed E-state index contributed by atoms with van der Waals surface area (Å²) >= 11 is 1.87. The number of methoxy groups -OCH3 is 2. The first-order chi connectivity index (χ1) is 14.6. The summed E-state index contributed by atoms with van der Waals surface area (Å²) in [4.78, 5) is 24.2. The number of hydrogen-bond donors (Lipinski definition) is 1. The van der Waals surface area contributed by atoms with Crippen LogP contribution in [-0.4, -0.2) is 59.6 Å². The van der Waals surface area contributed by atoms with Gasteiger partial charge in [0.2, 0.25) is 0 Å². The molecule has 0 saturated carbocycles. The standard InChI is InChI=1S/C22H24N4O3S.ClH/c1-14-4-6-16-20(25-15-5-7-18(28-2)19(12-15)29-3)17(13-23-21(16)24-14)22(27)26-8-10-30-11-9-26;/h4-7,12-13H,8-11H2,1-3H3,(H,23,24,25);1H. The Labute approximate surface area is 191 Å². The second kappa shape index (κ2) is 10.1. The van der Waals surface area contributed by atoms with Crippen molar-refractivity contribution in [1.29, 1.82) is 0 Å². The molecular formula is C22H25ClN4O3S. The molecule has 0 spiro atoms. The maximum Gasteiger partial charge on any atom is 0.257 e. The quantitative estimate of drug-likeness (QED) is 0.607. The van der Waals surface area contributed by atoms with Crippen molar-refractivity contribution in [3.63, 3.8) is 0 Å². The van der Waals surface area contributed by atoms with Crippen LogP contribution >= 0.6 is 24.2 Å². The molecule has 0 radical (unpaired) electrons. The van der Waals surface area contributed by atoms with E-state index in [2.05, 4.69) is 15.3 Å². The molecule has 0 atom stereocenters. The van der Waals surface area contributed by atoms with Gasteiger partial charge in [-0.15, -0.1) is 12.4 Å². The van der Waals surface area contributed by atoms with E-state index in [4.69, 9.17) is 9.47 Å². The van der Waals surface area contributed by atoms with Crippen molar-refractivity contribution >= 4 is 52.5 Å². The number of halogens is 1. The largest absolute Gasteiger partial charge is 0.493 e. The van der Waals surface area contributed by atoms with Gasteiger partial charge in [0.15, 0.2) is 17.1 Å². The van der Waals surface area contributed by atoms with E-state index in [1.54, 1.807) is 20.4 Å². The molecule has 1 aliphatic heterocycles. The van der Waals surface area contributed by atoms with E-state index in [9.17, 15) is 4.79 Å². The molecule has 1 saturated heterocycles. The molecule has 164 valence electrons. The topological polar surface area (TPSA) is 76.6 Å². The summed E-state index contributed by atoms with van der Waals surface area (Å²) in [5, 5.41) is 4.21. The molecular weight excluding hydrogens is 436 g/mol. The van der Waals surface area contributed by atoms with Gasteiger partial charge in [0.05, 0.1) is 25.5 Å². The summed E-state index contributed by atoms with van der Waals surface area (Å²) in [7, 11) is 3.20. The van der Waals surface area contributed by atoms with E-state index in [0.29, 0.717) is 28.4 Å². The van der Waals surface area contributed by atoms with Crippen LogP contribution < -0.4 is 14.8 Å². The third kappa shape index (κ3) is 4.80. The molecule has 0 aliphatic carbocycles. The van der Waals surface area contributed by atoms with Crippen LogP contribution in [0.4, 0.5) is 11.4 Å². The van der Waals surface area contributed by atoms with Crippen molar-refractivity contribution in [2.45, 2.75) is 6.92 Å². The van der Waals surface area contributed by atoms with E-state index in [0.717, 1.165) is 41.4 Å². The number of carbonyl (C=O) groups excluding carboxylic acids is 1. The van der Waals surface area contributed by atoms with Crippen LogP contribution in [0.3, 0.4) is 0 Å². The van der Waals surface area contributed by atoms with Gasteiger partial charge in [0.1, 0.15) is 0 Å². The maximum absolute atomic E-state index is 13.3. The van der Waals surface area contributed by atoms with Crippen molar-refractivity contribution in [3.8, 4) is 11.5 Å². The Balaban J connectivity index is 0.00000272. The molecule has 0 unspecified atom stereocenters. The summed E-state index contributed by atoms with van der Waals surface area (Å²) in [5.74, 6) is 3.13. The number of aromatic nitrogens is 2. The Morgan fingerprint density at radius 2 is 1.84 bits per heavy atom. The summed E-state index contributed by atoms with van der Waals surface area (Å²) in [5.41, 5.74) is 3.49. The van der Waals surface area contributed by atoms with Crippen LogP contribution in [0.5, 0.6) is 11.5 Å². The fraction of sp³-hybridized carbons (Fsp3) is 0.318. The molecule has 2 aromatic heterocycles. The van der Waals surface area contributed by atoms with E-state index in [1.165, 1.54) is 0 Å². The highest BCUT2D eigenvalue weighted by Gasteiger charge is 2.23. The molecule has 3 aromatic rings. The molecule has 3 heterocycles. The van der Waals surface area contributed by atoms with Gasteiger partial charge in [-0.25, -0.2) is 9.97 Å². The number of hydrogen-bond acceptors (Lipinski definition) is 7. The maximum atomic E-state index is 13.3. The number of amides is 1. The van der Waals surface area contributed by atoms with Gasteiger partial charge in [-0.2, -0.15) is 11.8 Å². The van der Waals surface area contributed by atoms with E-state index >= 15 is 0 Å². The zero-order valence-corrected chi connectivity index (χ0v) is 19.3. The lowest BCUT2D eigenvalue weighted by molar-refractivity contribution is 0.0773. The molecule has 7 nitrogen and oxygen atoms in total. The van der Waals surface area contributed by atoms with Crippen LogP contribution in [0, 0.1) is 6.92 Å². The van der Waals surface area contributed by atoms with Crippen molar-refractivity contribution in [2.24, 2.45) is 0 Å². The first-order valence-electron chi connectivity index (χ1n) is 9.73. The minimum Gasteiger partial charge on any atom is -0.493 e. The van der Waals surface area contributed by atoms with Crippen molar-refractivity contribution in [2.75, 3.05) is 44.1 Å². The monoisotopic (exact) mass is 460 g/mol. The first kappa shape index (κ1) is 23.0. The minimum absolute atomic E-state index is 0. The van der Waals surface area contributed by atoms with Gasteiger partial charge in [-0.05, 0) is 31.2 Å². The number of pyridine rings is 2. The average Bonchev–Trinajstić information content (AvgIpc) is 2.79. The Morgan fingerprint density at radius 3 is 2.55 bits per heavy atom. The Kier molecular flexibility index (Phi) is 7.46. The van der Waals surface area contributed by atoms with Gasteiger partial charge >= 0.3 is 0 Å². The van der Waals surface area contributed by atoms with Crippen LogP contribution in [0.1, 0.15) is 16.1 Å². The molecule has 4 rings (SSSR count). The summed E-state index contributed by atoms with van der Waals surface area (Å²) in [6.07, 6.45) is 1.63. The molecule has 9 heteroatoms. The SMILES string of the molecule is COc1ccc(Nc2c(C(=O)N3CCSCC3)cnc3nc(C)ccc23)cc1OC.Cl. The van der Waals surface area contributed by atoms with Crippen molar-refractivity contribution < 1.29 is 14.3 Å². The number of thioether (sulfide) groups is 1. The zero-order valence-electron chi connectivity index (χ0n) is 17.7. The highest BCUT2D eigenvalue weighted by atomic mass is 35.5. The fourth-order valence-corrected chi connectivity index (χ4v) is 4.37. The Bertz CT molecular complexity index is 1090. The number of aryl methyl sites for hydroxylation is 1. The molecule has 31 heavy (non-hydrogen) atoms. The van der Waals surface area contributed by atoms with Gasteiger partial charge in [0.25, 0.3) is 5.91 Å². The van der Waals surface area contributed by atoms with Gasteiger partial charge < -0.3 is 19.7 Å². The molecule has 1 aliphatic rings. The molecule has 1 amide bonds. The first-order valence-corrected chi connectivity index (χ1v) is 10.9. The van der Waals surface area contributed by atoms with Gasteiger partial charge in [-0.3, -0.25) is 4.79 Å². The zero-order chi connectivity index (χ0) is 21.1. The summed E-state index contributed by atoms with van der Waals surface area (Å²) in [6.45, 7) is 3.40. The lowest BCUT2D eigenvalue weighted by Crippen LogP contribution is -2.38. The third-order valence-electron chi connectivity index (χ3n) is 5.05. The predicted octanol–water partition coefficient (Wildman–Crippen LogP) is 4.31. The van der Waals surface area contributed by atoms with Crippen LogP contribution in [-0.2, 0) is 0 Å².